The van der Waals surface area contributed by atoms with Crippen molar-refractivity contribution < 1.29 is 9.47 Å². The second-order valence-corrected chi connectivity index (χ2v) is 5.23. The summed E-state index contributed by atoms with van der Waals surface area (Å²) < 4.78 is 11.2. The van der Waals surface area contributed by atoms with Gasteiger partial charge >= 0.3 is 0 Å². The lowest BCUT2D eigenvalue weighted by Crippen LogP contribution is -2.45. The van der Waals surface area contributed by atoms with Crippen LogP contribution in [0.25, 0.3) is 0 Å². The van der Waals surface area contributed by atoms with Crippen LogP contribution in [0.2, 0.25) is 0 Å². The first-order chi connectivity index (χ1) is 9.79. The van der Waals surface area contributed by atoms with Gasteiger partial charge in [0.25, 0.3) is 0 Å². The van der Waals surface area contributed by atoms with Gasteiger partial charge in [-0.15, -0.1) is 0 Å². The first-order valence-electron chi connectivity index (χ1n) is 7.54. The Bertz CT molecular complexity index is 381. The highest BCUT2D eigenvalue weighted by atomic mass is 16.5. The van der Waals surface area contributed by atoms with Crippen molar-refractivity contribution in [3.63, 3.8) is 0 Å². The van der Waals surface area contributed by atoms with Crippen LogP contribution in [0.15, 0.2) is 24.3 Å². The SMILES string of the molecule is CCNCc1ccc(OCCN2CCOCC2C)cc1. The van der Waals surface area contributed by atoms with Crippen LogP contribution in [-0.2, 0) is 11.3 Å². The predicted octanol–water partition coefficient (Wildman–Crippen LogP) is 1.90. The Morgan fingerprint density at radius 2 is 2.15 bits per heavy atom. The van der Waals surface area contributed by atoms with E-state index < -0.39 is 0 Å². The molecule has 1 fully saturated rings. The van der Waals surface area contributed by atoms with E-state index in [1.807, 2.05) is 0 Å². The lowest BCUT2D eigenvalue weighted by molar-refractivity contribution is -0.00514. The zero-order valence-corrected chi connectivity index (χ0v) is 12.6. The highest BCUT2D eigenvalue weighted by molar-refractivity contribution is 5.27. The zero-order valence-electron chi connectivity index (χ0n) is 12.6. The van der Waals surface area contributed by atoms with E-state index in [-0.39, 0.29) is 0 Å². The maximum absolute atomic E-state index is 5.81. The fourth-order valence-electron chi connectivity index (χ4n) is 2.35. The van der Waals surface area contributed by atoms with Crippen molar-refractivity contribution in [2.75, 3.05) is 39.5 Å². The highest BCUT2D eigenvalue weighted by Crippen LogP contribution is 2.12. The number of hydrogen-bond acceptors (Lipinski definition) is 4. The Kier molecular flexibility index (Phi) is 6.30. The quantitative estimate of drug-likeness (QED) is 0.826. The number of morpholine rings is 1. The van der Waals surface area contributed by atoms with Crippen LogP contribution in [-0.4, -0.2) is 50.4 Å². The predicted molar refractivity (Wildman–Crippen MR) is 81.2 cm³/mol. The highest BCUT2D eigenvalue weighted by Gasteiger charge is 2.17. The van der Waals surface area contributed by atoms with Gasteiger partial charge in [0, 0.05) is 25.7 Å². The molecule has 2 rings (SSSR count). The Labute approximate surface area is 122 Å². The van der Waals surface area contributed by atoms with Crippen molar-refractivity contribution in [3.05, 3.63) is 29.8 Å². The minimum atomic E-state index is 0.495. The lowest BCUT2D eigenvalue weighted by atomic mass is 10.2. The summed E-state index contributed by atoms with van der Waals surface area (Å²) >= 11 is 0. The van der Waals surface area contributed by atoms with E-state index >= 15 is 0 Å². The minimum absolute atomic E-state index is 0.495. The van der Waals surface area contributed by atoms with Crippen molar-refractivity contribution in [1.29, 1.82) is 0 Å². The fourth-order valence-corrected chi connectivity index (χ4v) is 2.35. The number of hydrogen-bond donors (Lipinski definition) is 1. The summed E-state index contributed by atoms with van der Waals surface area (Å²) in [7, 11) is 0. The third-order valence-corrected chi connectivity index (χ3v) is 3.65. The van der Waals surface area contributed by atoms with Crippen LogP contribution in [0.3, 0.4) is 0 Å². The van der Waals surface area contributed by atoms with Crippen molar-refractivity contribution in [3.8, 4) is 5.75 Å². The first kappa shape index (κ1) is 15.3. The molecule has 1 unspecified atom stereocenters. The third kappa shape index (κ3) is 4.78. The van der Waals surface area contributed by atoms with Gasteiger partial charge in [-0.25, -0.2) is 0 Å². The Morgan fingerprint density at radius 1 is 1.35 bits per heavy atom. The molecule has 1 aliphatic heterocycles. The van der Waals surface area contributed by atoms with Gasteiger partial charge in [0.05, 0.1) is 13.2 Å². The molecule has 1 aliphatic rings. The van der Waals surface area contributed by atoms with Crippen LogP contribution < -0.4 is 10.1 Å². The Morgan fingerprint density at radius 3 is 2.85 bits per heavy atom. The van der Waals surface area contributed by atoms with Gasteiger partial charge in [0.1, 0.15) is 12.4 Å². The minimum Gasteiger partial charge on any atom is -0.492 e. The maximum Gasteiger partial charge on any atom is 0.119 e. The molecule has 112 valence electrons. The lowest BCUT2D eigenvalue weighted by Gasteiger charge is -2.32. The number of rotatable bonds is 7. The molecule has 1 saturated heterocycles. The number of benzene rings is 1. The third-order valence-electron chi connectivity index (χ3n) is 3.65. The largest absolute Gasteiger partial charge is 0.492 e. The molecular weight excluding hydrogens is 252 g/mol. The molecule has 0 spiro atoms. The van der Waals surface area contributed by atoms with E-state index in [4.69, 9.17) is 9.47 Å². The monoisotopic (exact) mass is 278 g/mol. The Balaban J connectivity index is 1.70. The number of ether oxygens (including phenoxy) is 2. The summed E-state index contributed by atoms with van der Waals surface area (Å²) in [6, 6.07) is 8.84. The van der Waals surface area contributed by atoms with Crippen LogP contribution in [0.1, 0.15) is 19.4 Å². The van der Waals surface area contributed by atoms with E-state index in [1.54, 1.807) is 0 Å². The van der Waals surface area contributed by atoms with Gasteiger partial charge in [-0.05, 0) is 31.2 Å². The average molecular weight is 278 g/mol. The van der Waals surface area contributed by atoms with Crippen molar-refractivity contribution in [1.82, 2.24) is 10.2 Å². The molecular formula is C16H26N2O2. The molecule has 4 heteroatoms. The van der Waals surface area contributed by atoms with E-state index in [1.165, 1.54) is 5.56 Å². The second kappa shape index (κ2) is 8.25. The first-order valence-corrected chi connectivity index (χ1v) is 7.54. The molecule has 4 nitrogen and oxygen atoms in total. The average Bonchev–Trinajstić information content (AvgIpc) is 2.48. The molecule has 1 aromatic carbocycles. The molecule has 1 N–H and O–H groups in total. The van der Waals surface area contributed by atoms with Gasteiger partial charge in [-0.2, -0.15) is 0 Å². The van der Waals surface area contributed by atoms with E-state index in [0.717, 1.165) is 51.7 Å². The van der Waals surface area contributed by atoms with Crippen LogP contribution >= 0.6 is 0 Å². The van der Waals surface area contributed by atoms with Gasteiger partial charge in [0.2, 0.25) is 0 Å². The van der Waals surface area contributed by atoms with E-state index in [9.17, 15) is 0 Å². The maximum atomic E-state index is 5.81. The number of nitrogens with one attached hydrogen (secondary N) is 1. The summed E-state index contributed by atoms with van der Waals surface area (Å²) in [5, 5.41) is 3.32. The Hall–Kier alpha value is -1.10. The molecule has 1 atom stereocenters. The van der Waals surface area contributed by atoms with Crippen molar-refractivity contribution in [2.45, 2.75) is 26.4 Å². The molecule has 1 aromatic rings. The summed E-state index contributed by atoms with van der Waals surface area (Å²) in [4.78, 5) is 2.42. The molecule has 0 amide bonds. The van der Waals surface area contributed by atoms with E-state index in [0.29, 0.717) is 6.04 Å². The topological polar surface area (TPSA) is 33.7 Å². The van der Waals surface area contributed by atoms with Crippen molar-refractivity contribution >= 4 is 0 Å². The zero-order chi connectivity index (χ0) is 14.2. The molecule has 20 heavy (non-hydrogen) atoms. The summed E-state index contributed by atoms with van der Waals surface area (Å²) in [6.45, 7) is 10.6. The number of nitrogens with zero attached hydrogens (tertiary/aromatic N) is 1. The summed E-state index contributed by atoms with van der Waals surface area (Å²) in [5.74, 6) is 0.950. The summed E-state index contributed by atoms with van der Waals surface area (Å²) in [5.41, 5.74) is 1.29. The normalized spacial score (nSPS) is 20.0. The second-order valence-electron chi connectivity index (χ2n) is 5.23. The molecule has 0 saturated carbocycles. The van der Waals surface area contributed by atoms with Gasteiger partial charge in [-0.3, -0.25) is 4.90 Å². The molecule has 0 bridgehead atoms. The molecule has 0 aromatic heterocycles. The fraction of sp³-hybridized carbons (Fsp3) is 0.625. The molecule has 0 aliphatic carbocycles. The van der Waals surface area contributed by atoms with Crippen LogP contribution in [0, 0.1) is 0 Å². The van der Waals surface area contributed by atoms with Gasteiger partial charge in [-0.1, -0.05) is 19.1 Å². The standard InChI is InChI=1S/C16H26N2O2/c1-3-17-12-15-4-6-16(7-5-15)20-11-9-18-8-10-19-13-14(18)2/h4-7,14,17H,3,8-13H2,1-2H3. The van der Waals surface area contributed by atoms with Crippen LogP contribution in [0.4, 0.5) is 0 Å². The van der Waals surface area contributed by atoms with E-state index in [2.05, 4.69) is 48.3 Å². The van der Waals surface area contributed by atoms with Gasteiger partial charge in [0.15, 0.2) is 0 Å². The van der Waals surface area contributed by atoms with Crippen LogP contribution in [0.5, 0.6) is 5.75 Å². The summed E-state index contributed by atoms with van der Waals surface area (Å²) in [6.07, 6.45) is 0. The molecule has 0 radical (unpaired) electrons. The smallest absolute Gasteiger partial charge is 0.119 e. The molecule has 1 heterocycles. The van der Waals surface area contributed by atoms with Crippen molar-refractivity contribution in [2.24, 2.45) is 0 Å². The van der Waals surface area contributed by atoms with Gasteiger partial charge < -0.3 is 14.8 Å².